The number of hydrogen-bond donors (Lipinski definition) is 4. The Morgan fingerprint density at radius 3 is 2.00 bits per heavy atom. The van der Waals surface area contributed by atoms with Gasteiger partial charge in [-0.2, -0.15) is 4.31 Å². The SMILES string of the molecule is CC(C)(C)c1ccc(S(=O)(=O)N2CCC(NC(=O)c3cc(O)c(O)c(O)c3)CC2)cc1. The molecule has 0 unspecified atom stereocenters. The largest absolute Gasteiger partial charge is 0.504 e. The maximum absolute atomic E-state index is 13.0. The number of aromatic hydroxyl groups is 3. The molecule has 4 N–H and O–H groups in total. The molecule has 0 atom stereocenters. The quantitative estimate of drug-likeness (QED) is 0.533. The molecule has 0 bridgehead atoms. The van der Waals surface area contributed by atoms with Crippen molar-refractivity contribution in [1.29, 1.82) is 0 Å². The second-order valence-corrected chi connectivity index (χ2v) is 10.7. The van der Waals surface area contributed by atoms with Crippen molar-refractivity contribution in [2.24, 2.45) is 0 Å². The van der Waals surface area contributed by atoms with Crippen LogP contribution in [0.2, 0.25) is 0 Å². The van der Waals surface area contributed by atoms with E-state index in [1.54, 1.807) is 12.1 Å². The smallest absolute Gasteiger partial charge is 0.251 e. The van der Waals surface area contributed by atoms with Gasteiger partial charge in [-0.25, -0.2) is 8.42 Å². The van der Waals surface area contributed by atoms with Crippen LogP contribution < -0.4 is 5.32 Å². The standard InChI is InChI=1S/C22H28N2O6S/c1-22(2,3)15-4-6-17(7-5-15)31(29,30)24-10-8-16(9-11-24)23-21(28)14-12-18(25)20(27)19(26)13-14/h4-7,12-13,16,25-27H,8-11H2,1-3H3,(H,23,28). The summed E-state index contributed by atoms with van der Waals surface area (Å²) in [4.78, 5) is 12.6. The molecule has 0 aromatic heterocycles. The van der Waals surface area contributed by atoms with Crippen molar-refractivity contribution in [1.82, 2.24) is 9.62 Å². The summed E-state index contributed by atoms with van der Waals surface area (Å²) >= 11 is 0. The molecule has 0 radical (unpaired) electrons. The first kappa shape index (κ1) is 22.9. The van der Waals surface area contributed by atoms with E-state index in [0.29, 0.717) is 12.8 Å². The van der Waals surface area contributed by atoms with Crippen LogP contribution in [0, 0.1) is 0 Å². The fourth-order valence-corrected chi connectivity index (χ4v) is 4.99. The van der Waals surface area contributed by atoms with Crippen molar-refractivity contribution in [3.05, 3.63) is 47.5 Å². The molecule has 1 aliphatic rings. The Hall–Kier alpha value is -2.78. The van der Waals surface area contributed by atoms with E-state index in [1.807, 2.05) is 12.1 Å². The van der Waals surface area contributed by atoms with E-state index in [9.17, 15) is 28.5 Å². The minimum Gasteiger partial charge on any atom is -0.504 e. The summed E-state index contributed by atoms with van der Waals surface area (Å²) in [5, 5.41) is 31.3. The number of nitrogens with zero attached hydrogens (tertiary/aromatic N) is 1. The fourth-order valence-electron chi connectivity index (χ4n) is 3.52. The minimum absolute atomic E-state index is 0.00166. The number of rotatable bonds is 4. The number of nitrogens with one attached hydrogen (secondary N) is 1. The van der Waals surface area contributed by atoms with Gasteiger partial charge in [-0.15, -0.1) is 0 Å². The molecule has 2 aromatic rings. The molecule has 0 saturated carbocycles. The van der Waals surface area contributed by atoms with Crippen LogP contribution >= 0.6 is 0 Å². The Balaban J connectivity index is 1.63. The van der Waals surface area contributed by atoms with Crippen LogP contribution in [0.5, 0.6) is 17.2 Å². The number of carbonyl (C=O) groups is 1. The lowest BCUT2D eigenvalue weighted by Crippen LogP contribution is -2.46. The number of sulfonamides is 1. The molecule has 1 saturated heterocycles. The topological polar surface area (TPSA) is 127 Å². The number of carbonyl (C=O) groups excluding carboxylic acids is 1. The highest BCUT2D eigenvalue weighted by Crippen LogP contribution is 2.35. The van der Waals surface area contributed by atoms with Crippen LogP contribution in [0.3, 0.4) is 0 Å². The highest BCUT2D eigenvalue weighted by Gasteiger charge is 2.30. The molecule has 1 heterocycles. The monoisotopic (exact) mass is 448 g/mol. The van der Waals surface area contributed by atoms with E-state index in [0.717, 1.165) is 17.7 Å². The predicted octanol–water partition coefficient (Wildman–Crippen LogP) is 2.68. The molecule has 0 spiro atoms. The number of benzene rings is 2. The Morgan fingerprint density at radius 1 is 1.00 bits per heavy atom. The van der Waals surface area contributed by atoms with Gasteiger partial charge in [0.05, 0.1) is 4.90 Å². The van der Waals surface area contributed by atoms with Gasteiger partial charge in [0.2, 0.25) is 10.0 Å². The van der Waals surface area contributed by atoms with Crippen LogP contribution in [-0.2, 0) is 15.4 Å². The molecule has 0 aliphatic carbocycles. The molecule has 1 aliphatic heterocycles. The third-order valence-corrected chi connectivity index (χ3v) is 7.39. The summed E-state index contributed by atoms with van der Waals surface area (Å²) in [6.07, 6.45) is 0.863. The average Bonchev–Trinajstić information content (AvgIpc) is 2.71. The Labute approximate surface area is 182 Å². The normalized spacial score (nSPS) is 16.2. The van der Waals surface area contributed by atoms with Gasteiger partial charge in [0.25, 0.3) is 5.91 Å². The van der Waals surface area contributed by atoms with E-state index < -0.39 is 33.2 Å². The third-order valence-electron chi connectivity index (χ3n) is 5.48. The molecular formula is C22H28N2O6S. The molecule has 31 heavy (non-hydrogen) atoms. The van der Waals surface area contributed by atoms with Gasteiger partial charge in [0, 0.05) is 24.7 Å². The third kappa shape index (κ3) is 4.94. The van der Waals surface area contributed by atoms with Crippen LogP contribution in [0.4, 0.5) is 0 Å². The van der Waals surface area contributed by atoms with Crippen molar-refractivity contribution in [3.8, 4) is 17.2 Å². The van der Waals surface area contributed by atoms with Crippen molar-refractivity contribution < 1.29 is 28.5 Å². The second-order valence-electron chi connectivity index (χ2n) is 8.79. The van der Waals surface area contributed by atoms with Crippen LogP contribution in [0.1, 0.15) is 49.5 Å². The second kappa shape index (κ2) is 8.39. The highest BCUT2D eigenvalue weighted by atomic mass is 32.2. The van der Waals surface area contributed by atoms with E-state index >= 15 is 0 Å². The van der Waals surface area contributed by atoms with Gasteiger partial charge in [-0.05, 0) is 48.1 Å². The molecule has 1 amide bonds. The van der Waals surface area contributed by atoms with Crippen LogP contribution in [-0.4, -0.2) is 53.1 Å². The average molecular weight is 449 g/mol. The lowest BCUT2D eigenvalue weighted by atomic mass is 9.87. The zero-order valence-corrected chi connectivity index (χ0v) is 18.6. The summed E-state index contributed by atoms with van der Waals surface area (Å²) in [7, 11) is -3.62. The number of phenols is 3. The highest BCUT2D eigenvalue weighted by molar-refractivity contribution is 7.89. The summed E-state index contributed by atoms with van der Waals surface area (Å²) in [5.41, 5.74) is 0.991. The lowest BCUT2D eigenvalue weighted by molar-refractivity contribution is 0.0923. The number of hydrogen-bond acceptors (Lipinski definition) is 6. The Kier molecular flexibility index (Phi) is 6.20. The zero-order chi connectivity index (χ0) is 23.0. The van der Waals surface area contributed by atoms with Crippen LogP contribution in [0.15, 0.2) is 41.3 Å². The summed E-state index contributed by atoms with van der Waals surface area (Å²) < 4.78 is 27.3. The first-order chi connectivity index (χ1) is 14.4. The van der Waals surface area contributed by atoms with Gasteiger partial charge in [0.15, 0.2) is 17.2 Å². The molecular weight excluding hydrogens is 420 g/mol. The Bertz CT molecular complexity index is 1040. The van der Waals surface area contributed by atoms with Crippen LogP contribution in [0.25, 0.3) is 0 Å². The molecule has 2 aromatic carbocycles. The van der Waals surface area contributed by atoms with Crippen molar-refractivity contribution >= 4 is 15.9 Å². The van der Waals surface area contributed by atoms with E-state index in [1.165, 1.54) is 4.31 Å². The maximum atomic E-state index is 13.0. The molecule has 1 fully saturated rings. The van der Waals surface area contributed by atoms with Gasteiger partial charge in [-0.1, -0.05) is 32.9 Å². The fraction of sp³-hybridized carbons (Fsp3) is 0.409. The summed E-state index contributed by atoms with van der Waals surface area (Å²) in [6.45, 7) is 6.73. The van der Waals surface area contributed by atoms with Crippen molar-refractivity contribution in [2.45, 2.75) is 50.0 Å². The van der Waals surface area contributed by atoms with Crippen molar-refractivity contribution in [3.63, 3.8) is 0 Å². The van der Waals surface area contributed by atoms with Crippen molar-refractivity contribution in [2.75, 3.05) is 13.1 Å². The summed E-state index contributed by atoms with van der Waals surface area (Å²) in [5.74, 6) is -2.40. The Morgan fingerprint density at radius 2 is 1.52 bits per heavy atom. The number of amides is 1. The van der Waals surface area contributed by atoms with E-state index in [-0.39, 0.29) is 35.0 Å². The first-order valence-electron chi connectivity index (χ1n) is 10.1. The minimum atomic E-state index is -3.62. The zero-order valence-electron chi connectivity index (χ0n) is 17.8. The predicted molar refractivity (Wildman–Crippen MR) is 116 cm³/mol. The van der Waals surface area contributed by atoms with Gasteiger partial charge < -0.3 is 20.6 Å². The molecule has 168 valence electrons. The molecule has 3 rings (SSSR count). The van der Waals surface area contributed by atoms with Gasteiger partial charge in [-0.3, -0.25) is 4.79 Å². The van der Waals surface area contributed by atoms with E-state index in [2.05, 4.69) is 26.1 Å². The maximum Gasteiger partial charge on any atom is 0.251 e. The summed E-state index contributed by atoms with van der Waals surface area (Å²) in [6, 6.07) is 8.81. The number of phenolic OH excluding ortho intramolecular Hbond substituents is 3. The number of piperidine rings is 1. The molecule has 8 nitrogen and oxygen atoms in total. The van der Waals surface area contributed by atoms with Gasteiger partial charge >= 0.3 is 0 Å². The first-order valence-corrected chi connectivity index (χ1v) is 11.5. The van der Waals surface area contributed by atoms with E-state index in [4.69, 9.17) is 0 Å². The lowest BCUT2D eigenvalue weighted by Gasteiger charge is -2.31. The van der Waals surface area contributed by atoms with Gasteiger partial charge in [0.1, 0.15) is 0 Å². The molecule has 9 heteroatoms.